The molecule has 3 N–H and O–H groups in total. The van der Waals surface area contributed by atoms with Crippen molar-refractivity contribution >= 4 is 21.5 Å². The quantitative estimate of drug-likeness (QED) is 0.472. The van der Waals surface area contributed by atoms with Crippen LogP contribution < -0.4 is 0 Å². The number of hydrogen-bond donors (Lipinski definition) is 3. The maximum atomic E-state index is 9.89. The molecule has 1 unspecified atom stereocenters. The van der Waals surface area contributed by atoms with Gasteiger partial charge in [0, 0.05) is 12.6 Å². The Morgan fingerprint density at radius 1 is 1.53 bits per heavy atom. The second-order valence-electron chi connectivity index (χ2n) is 4.02. The summed E-state index contributed by atoms with van der Waals surface area (Å²) in [7, 11) is 2.41. The maximum absolute atomic E-state index is 9.89. The van der Waals surface area contributed by atoms with Crippen LogP contribution in [0.4, 0.5) is 0 Å². The Labute approximate surface area is 103 Å². The largest absolute Gasteiger partial charge is 0.387 e. The monoisotopic (exact) mass is 260 g/mol. The van der Waals surface area contributed by atoms with Gasteiger partial charge in [-0.1, -0.05) is 6.92 Å². The van der Waals surface area contributed by atoms with Crippen LogP contribution in [0.15, 0.2) is 11.9 Å². The molecule has 7 heteroatoms. The summed E-state index contributed by atoms with van der Waals surface area (Å²) in [6, 6.07) is -0.721. The minimum absolute atomic E-state index is 0.488. The van der Waals surface area contributed by atoms with Crippen molar-refractivity contribution in [1.29, 1.82) is 0 Å². The summed E-state index contributed by atoms with van der Waals surface area (Å²) < 4.78 is 10.6. The van der Waals surface area contributed by atoms with E-state index in [0.29, 0.717) is 6.61 Å². The van der Waals surface area contributed by atoms with Gasteiger partial charge in [-0.15, -0.1) is 0 Å². The van der Waals surface area contributed by atoms with Crippen molar-refractivity contribution in [2.75, 3.05) is 6.61 Å². The topological polar surface area (TPSA) is 79.2 Å². The average Bonchev–Trinajstić information content (AvgIpc) is 2.48. The van der Waals surface area contributed by atoms with E-state index in [-0.39, 0.29) is 0 Å². The first-order valence-corrected chi connectivity index (χ1v) is 7.38. The zero-order chi connectivity index (χ0) is 13.1. The van der Waals surface area contributed by atoms with Crippen molar-refractivity contribution in [2.24, 2.45) is 0 Å². The Morgan fingerprint density at radius 3 is 2.71 bits per heavy atom. The summed E-state index contributed by atoms with van der Waals surface area (Å²) in [5.74, 6) is 1.13. The van der Waals surface area contributed by atoms with E-state index in [1.54, 1.807) is 0 Å². The molecule has 1 heterocycles. The van der Waals surface area contributed by atoms with Crippen LogP contribution in [-0.4, -0.2) is 60.0 Å². The number of hydrogen-bond acceptors (Lipinski definition) is 5. The number of rotatable bonds is 5. The van der Waals surface area contributed by atoms with Crippen LogP contribution in [0.5, 0.6) is 0 Å². The molecule has 1 fully saturated rings. The molecule has 0 aromatic carbocycles. The molecular formula is C10H18BO5P. The van der Waals surface area contributed by atoms with Crippen LogP contribution in [0.25, 0.3) is 0 Å². The molecule has 2 radical (unpaired) electrons. The first kappa shape index (κ1) is 15.0. The second kappa shape index (κ2) is 6.18. The normalized spacial score (nSPS) is 34.6. The van der Waals surface area contributed by atoms with Crippen molar-refractivity contribution in [3.8, 4) is 0 Å². The van der Waals surface area contributed by atoms with E-state index >= 15 is 0 Å². The average molecular weight is 260 g/mol. The van der Waals surface area contributed by atoms with E-state index in [2.05, 4.69) is 6.30 Å². The Kier molecular flexibility index (Phi) is 5.44. The van der Waals surface area contributed by atoms with Gasteiger partial charge >= 0.3 is 0 Å². The van der Waals surface area contributed by atoms with Gasteiger partial charge in [0.15, 0.2) is 0 Å². The summed E-state index contributed by atoms with van der Waals surface area (Å²) in [5, 5.41) is 9.89. The molecule has 96 valence electrons. The maximum Gasteiger partial charge on any atom is 0.134 e. The highest BCUT2D eigenvalue weighted by Crippen LogP contribution is 2.36. The van der Waals surface area contributed by atoms with Crippen molar-refractivity contribution < 1.29 is 24.4 Å². The number of aliphatic hydroxyl groups is 1. The van der Waals surface area contributed by atoms with Crippen LogP contribution in [0, 0.1) is 0 Å². The lowest BCUT2D eigenvalue weighted by Gasteiger charge is -2.18. The Bertz CT molecular complexity index is 316. The lowest BCUT2D eigenvalue weighted by molar-refractivity contribution is -0.0190. The van der Waals surface area contributed by atoms with Gasteiger partial charge < -0.3 is 24.4 Å². The Balaban J connectivity index is 2.61. The van der Waals surface area contributed by atoms with Gasteiger partial charge in [0.2, 0.25) is 0 Å². The van der Waals surface area contributed by atoms with Gasteiger partial charge in [-0.3, -0.25) is 0 Å². The smallest absolute Gasteiger partial charge is 0.134 e. The Hall–Kier alpha value is -0.0951. The van der Waals surface area contributed by atoms with Crippen LogP contribution in [-0.2, 0) is 9.47 Å². The fourth-order valence-corrected chi connectivity index (χ4v) is 2.00. The van der Waals surface area contributed by atoms with Crippen molar-refractivity contribution in [3.05, 3.63) is 11.9 Å². The van der Waals surface area contributed by atoms with E-state index in [1.807, 2.05) is 6.92 Å². The molecule has 1 rings (SSSR count). The molecule has 1 aliphatic heterocycles. The van der Waals surface area contributed by atoms with Crippen LogP contribution in [0.2, 0.25) is 0 Å². The molecule has 0 aromatic heterocycles. The minimum atomic E-state index is -3.26. The second-order valence-corrected chi connectivity index (χ2v) is 5.89. The van der Waals surface area contributed by atoms with Gasteiger partial charge in [0.25, 0.3) is 0 Å². The lowest BCUT2D eigenvalue weighted by atomic mass is 9.93. The predicted molar refractivity (Wildman–Crippen MR) is 68.1 cm³/mol. The van der Waals surface area contributed by atoms with Gasteiger partial charge in [0.1, 0.15) is 33.5 Å². The Morgan fingerprint density at radius 2 is 2.18 bits per heavy atom. The van der Waals surface area contributed by atoms with E-state index in [0.717, 1.165) is 12.2 Å². The summed E-state index contributed by atoms with van der Waals surface area (Å²) >= 11 is 0. The highest BCUT2D eigenvalue weighted by Gasteiger charge is 2.40. The molecule has 1 aliphatic rings. The van der Waals surface area contributed by atoms with Crippen molar-refractivity contribution in [3.63, 3.8) is 0 Å². The predicted octanol–water partition coefficient (Wildman–Crippen LogP) is -0.186. The summed E-state index contributed by atoms with van der Waals surface area (Å²) in [5.41, 5.74) is 0. The molecular weight excluding hydrogens is 242 g/mol. The van der Waals surface area contributed by atoms with Gasteiger partial charge in [-0.25, -0.2) is 0 Å². The third-order valence-corrected chi connectivity index (χ3v) is 2.99. The van der Waals surface area contributed by atoms with Crippen molar-refractivity contribution in [2.45, 2.75) is 37.7 Å². The summed E-state index contributed by atoms with van der Waals surface area (Å²) in [4.78, 5) is 18.2. The molecule has 5 nitrogen and oxygen atoms in total. The molecule has 0 saturated carbocycles. The van der Waals surface area contributed by atoms with Gasteiger partial charge in [0.05, 0.1) is 0 Å². The molecule has 0 spiro atoms. The number of aliphatic hydroxyl groups excluding tert-OH is 1. The summed E-state index contributed by atoms with van der Waals surface area (Å²) in [6.45, 7) is 2.44. The van der Waals surface area contributed by atoms with Crippen LogP contribution in [0.1, 0.15) is 13.3 Å². The fraction of sp³-hybridized carbons (Fsp3) is 0.700. The minimum Gasteiger partial charge on any atom is -0.387 e. The number of ether oxygens (including phenoxy) is 2. The molecule has 1 saturated heterocycles. The zero-order valence-electron chi connectivity index (χ0n) is 9.77. The molecule has 0 amide bonds. The first-order valence-electron chi connectivity index (χ1n) is 5.44. The van der Waals surface area contributed by atoms with Gasteiger partial charge in [-0.2, -0.15) is 0 Å². The molecule has 4 atom stereocenters. The van der Waals surface area contributed by atoms with Gasteiger partial charge in [-0.05, 0) is 24.6 Å². The van der Waals surface area contributed by atoms with E-state index in [1.165, 1.54) is 6.08 Å². The molecule has 0 aliphatic carbocycles. The molecule has 17 heavy (non-hydrogen) atoms. The van der Waals surface area contributed by atoms with Crippen LogP contribution in [0.3, 0.4) is 0 Å². The lowest BCUT2D eigenvalue weighted by Crippen LogP contribution is -2.35. The van der Waals surface area contributed by atoms with Crippen LogP contribution >= 0.6 is 7.34 Å². The standard InChI is InChI=1S/C10H18BO5P/c1-3-5-15-9-8(12)7(16-10(9)11)4-6-17(2,13)14/h4,6-10,12-14H,2-3,5H2,1H3/b6-4+/t7-,8+,9?,10-/m1/s1. The molecule has 0 aromatic rings. The fourth-order valence-electron chi connectivity index (χ4n) is 1.55. The highest BCUT2D eigenvalue weighted by atomic mass is 31.2. The summed E-state index contributed by atoms with van der Waals surface area (Å²) in [6.07, 6.45) is 3.14. The van der Waals surface area contributed by atoms with E-state index in [4.69, 9.17) is 27.1 Å². The third-order valence-electron chi connectivity index (χ3n) is 2.34. The van der Waals surface area contributed by atoms with E-state index in [9.17, 15) is 5.11 Å². The first-order chi connectivity index (χ1) is 7.85. The third kappa shape index (κ3) is 4.58. The molecule has 0 bridgehead atoms. The zero-order valence-corrected chi connectivity index (χ0v) is 10.7. The SMILES string of the molecule is [B][C@@H]1O[C@H](/C=C/P(=C)(O)O)[C@H](O)C1OCCC. The van der Waals surface area contributed by atoms with E-state index < -0.39 is 31.7 Å². The van der Waals surface area contributed by atoms with Crippen molar-refractivity contribution in [1.82, 2.24) is 0 Å². The highest BCUT2D eigenvalue weighted by molar-refractivity contribution is 7.65.